The van der Waals surface area contributed by atoms with E-state index in [1.807, 2.05) is 0 Å². The largest absolute Gasteiger partial charge is 1.00 e. The maximum atomic E-state index is 2.63. The fraction of sp³-hybridized carbons (Fsp3) is 0.442. The van der Waals surface area contributed by atoms with Crippen molar-refractivity contribution < 1.29 is 46.1 Å². The van der Waals surface area contributed by atoms with Crippen LogP contribution >= 0.6 is 0 Å². The van der Waals surface area contributed by atoms with Crippen LogP contribution in [0.3, 0.4) is 0 Å². The molecule has 0 aliphatic heterocycles. The van der Waals surface area contributed by atoms with Gasteiger partial charge in [-0.05, 0) is 0 Å². The first kappa shape index (κ1) is 45.4. The molecule has 0 aromatic heterocycles. The number of benzene rings is 4. The minimum absolute atomic E-state index is 0. The number of allylic oxidation sites excluding steroid dienone is 4. The van der Waals surface area contributed by atoms with Crippen LogP contribution in [0.4, 0.5) is 0 Å². The molecule has 0 spiro atoms. The van der Waals surface area contributed by atoms with E-state index in [-0.39, 0.29) is 46.5 Å². The molecule has 2 aliphatic rings. The Kier molecular flexibility index (Phi) is 13.3. The molecule has 0 nitrogen and oxygen atoms in total. The molecule has 4 aromatic carbocycles. The van der Waals surface area contributed by atoms with Crippen molar-refractivity contribution >= 4 is 3.21 Å². The Morgan fingerprint density at radius 2 is 0.873 bits per heavy atom. The van der Waals surface area contributed by atoms with Crippen LogP contribution in [0.1, 0.15) is 159 Å². The van der Waals surface area contributed by atoms with Gasteiger partial charge in [-0.2, -0.15) is 0 Å². The molecule has 0 saturated heterocycles. The number of rotatable bonds is 5. The molecular weight excluding hydrogens is 787 g/mol. The monoisotopic (exact) mass is 850 g/mol. The molecule has 0 radical (unpaired) electrons. The quantitative estimate of drug-likeness (QED) is 0.190. The molecule has 0 bridgehead atoms. The van der Waals surface area contributed by atoms with E-state index in [4.69, 9.17) is 0 Å². The normalized spacial score (nSPS) is 15.9. The summed E-state index contributed by atoms with van der Waals surface area (Å²) >= 11 is -3.02. The van der Waals surface area contributed by atoms with Gasteiger partial charge in [0, 0.05) is 0 Å². The first-order valence-electron chi connectivity index (χ1n) is 20.2. The average molecular weight is 853 g/mol. The SMILES string of the molecule is CC1=[C]([Zr+2](=[C](c2ccc(C(C)(C)C)cc2)c2ccc(C(C)(C)C)cc2)[CH]2c3cc(C(C)(C)C)ccc3-c3ccc(C(C)(C)C)cc32)C(C)C=C1C(C)C.[Cl-].[Cl-]. The molecular formula is C52H66Cl2Zr. The van der Waals surface area contributed by atoms with Crippen molar-refractivity contribution in [3.8, 4) is 11.1 Å². The van der Waals surface area contributed by atoms with Crippen molar-refractivity contribution in [2.24, 2.45) is 11.8 Å². The van der Waals surface area contributed by atoms with E-state index in [0.717, 1.165) is 0 Å². The number of hydrogen-bond acceptors (Lipinski definition) is 0. The second-order valence-electron chi connectivity index (χ2n) is 20.6. The van der Waals surface area contributed by atoms with Gasteiger partial charge < -0.3 is 24.8 Å². The van der Waals surface area contributed by atoms with Gasteiger partial charge in [-0.15, -0.1) is 0 Å². The molecule has 2 aliphatic carbocycles. The molecule has 0 N–H and O–H groups in total. The van der Waals surface area contributed by atoms with E-state index in [9.17, 15) is 0 Å². The minimum atomic E-state index is -3.02. The second kappa shape index (κ2) is 16.2. The molecule has 0 amide bonds. The summed E-state index contributed by atoms with van der Waals surface area (Å²) in [6, 6.07) is 34.6. The average Bonchev–Trinajstić information content (AvgIpc) is 3.54. The first-order valence-corrected chi connectivity index (χ1v) is 24.0. The maximum absolute atomic E-state index is 3.02. The van der Waals surface area contributed by atoms with Crippen LogP contribution in [0.2, 0.25) is 0 Å². The Labute approximate surface area is 355 Å². The third kappa shape index (κ3) is 8.91. The van der Waals surface area contributed by atoms with E-state index >= 15 is 0 Å². The Bertz CT molecular complexity index is 2010. The molecule has 3 heteroatoms. The van der Waals surface area contributed by atoms with Crippen molar-refractivity contribution in [2.45, 2.75) is 136 Å². The Morgan fingerprint density at radius 3 is 1.18 bits per heavy atom. The summed E-state index contributed by atoms with van der Waals surface area (Å²) in [6.07, 6.45) is 2.63. The van der Waals surface area contributed by atoms with Crippen molar-refractivity contribution in [1.29, 1.82) is 0 Å². The minimum Gasteiger partial charge on any atom is -1.00 e. The van der Waals surface area contributed by atoms with Gasteiger partial charge in [0.25, 0.3) is 0 Å². The predicted octanol–water partition coefficient (Wildman–Crippen LogP) is 8.35. The first-order chi connectivity index (χ1) is 24.5. The molecule has 55 heavy (non-hydrogen) atoms. The van der Waals surface area contributed by atoms with Crippen LogP contribution in [0.5, 0.6) is 0 Å². The molecule has 6 rings (SSSR count). The van der Waals surface area contributed by atoms with Crippen LogP contribution in [0, 0.1) is 11.8 Å². The molecule has 1 atom stereocenters. The van der Waals surface area contributed by atoms with Gasteiger partial charge in [-0.25, -0.2) is 0 Å². The number of halogens is 2. The summed E-state index contributed by atoms with van der Waals surface area (Å²) in [4.78, 5) is 0. The summed E-state index contributed by atoms with van der Waals surface area (Å²) in [6.45, 7) is 38.0. The molecule has 1 unspecified atom stereocenters. The van der Waals surface area contributed by atoms with Crippen LogP contribution in [-0.4, -0.2) is 3.21 Å². The Morgan fingerprint density at radius 1 is 0.527 bits per heavy atom. The van der Waals surface area contributed by atoms with Gasteiger partial charge in [0.15, 0.2) is 0 Å². The third-order valence-corrected chi connectivity index (χ3v) is 21.2. The summed E-state index contributed by atoms with van der Waals surface area (Å²) in [7, 11) is 0. The summed E-state index contributed by atoms with van der Waals surface area (Å²) in [5, 5.41) is 0. The summed E-state index contributed by atoms with van der Waals surface area (Å²) in [5.74, 6) is 0.923. The zero-order valence-electron chi connectivity index (χ0n) is 36.6. The van der Waals surface area contributed by atoms with Gasteiger partial charge >= 0.3 is 333 Å². The van der Waals surface area contributed by atoms with Crippen LogP contribution in [0.25, 0.3) is 11.1 Å². The number of hydrogen-bond donors (Lipinski definition) is 0. The van der Waals surface area contributed by atoms with Gasteiger partial charge in [0.05, 0.1) is 0 Å². The Balaban J connectivity index is 0.00000336. The van der Waals surface area contributed by atoms with Crippen LogP contribution < -0.4 is 24.8 Å². The van der Waals surface area contributed by atoms with Gasteiger partial charge in [0.2, 0.25) is 0 Å². The zero-order valence-corrected chi connectivity index (χ0v) is 40.6. The van der Waals surface area contributed by atoms with E-state index < -0.39 is 21.3 Å². The standard InChI is InChI=1S/C21H25.C21H26.C10H15.2ClH.Zr/c1-20(2,3)16-7-9-18-14(12-16)11-15-13-17(21(4,5)6)8-10-19(15)18;1-20(2,3)18-11-7-16(8-12-18)15-17-9-13-19(14-10-17)21(4,5)6;1-7(2)10-6-8(3)5-9(10)4;;;/h7-13H,1-6H3;7-14H,1-6H3;6-8H,1-4H3;2*1H;/q;;;;;+2/p-2. The van der Waals surface area contributed by atoms with Crippen molar-refractivity contribution in [3.63, 3.8) is 0 Å². The topological polar surface area (TPSA) is 0 Å². The van der Waals surface area contributed by atoms with E-state index in [0.29, 0.717) is 15.5 Å². The Hall–Kier alpha value is -2.31. The van der Waals surface area contributed by atoms with Crippen molar-refractivity contribution in [2.75, 3.05) is 0 Å². The molecule has 4 aromatic rings. The fourth-order valence-electron chi connectivity index (χ4n) is 8.74. The van der Waals surface area contributed by atoms with Crippen LogP contribution in [-0.2, 0) is 42.9 Å². The molecule has 292 valence electrons. The summed E-state index contributed by atoms with van der Waals surface area (Å²) in [5.41, 5.74) is 18.0. The molecule has 0 fully saturated rings. The van der Waals surface area contributed by atoms with E-state index in [2.05, 4.69) is 202 Å². The zero-order chi connectivity index (χ0) is 39.0. The molecule has 0 heterocycles. The third-order valence-electron chi connectivity index (χ3n) is 12.0. The van der Waals surface area contributed by atoms with Gasteiger partial charge in [-0.3, -0.25) is 0 Å². The number of fused-ring (bicyclic) bond motifs is 3. The van der Waals surface area contributed by atoms with Gasteiger partial charge in [0.1, 0.15) is 0 Å². The van der Waals surface area contributed by atoms with Crippen molar-refractivity contribution in [3.05, 3.63) is 150 Å². The molecule has 0 saturated carbocycles. The fourth-order valence-corrected chi connectivity index (χ4v) is 18.7. The van der Waals surface area contributed by atoms with Crippen LogP contribution in [0.15, 0.2) is 105 Å². The summed E-state index contributed by atoms with van der Waals surface area (Å²) < 4.78 is 3.77. The maximum Gasteiger partial charge on any atom is -1.00 e. The smallest absolute Gasteiger partial charge is 1.00 e. The van der Waals surface area contributed by atoms with Crippen molar-refractivity contribution in [1.82, 2.24) is 0 Å². The predicted molar refractivity (Wildman–Crippen MR) is 229 cm³/mol. The van der Waals surface area contributed by atoms with Gasteiger partial charge in [-0.1, -0.05) is 0 Å². The van der Waals surface area contributed by atoms with E-state index in [1.54, 1.807) is 28.8 Å². The van der Waals surface area contributed by atoms with E-state index in [1.165, 1.54) is 44.5 Å². The second-order valence-corrected chi connectivity index (χ2v) is 26.6.